The molecule has 0 spiro atoms. The number of anilines is 1. The molecule has 4 nitrogen and oxygen atoms in total. The summed E-state index contributed by atoms with van der Waals surface area (Å²) in [7, 11) is 1.67. The van der Waals surface area contributed by atoms with Gasteiger partial charge in [-0.3, -0.25) is 4.79 Å². The molecular formula is C16H24FN3O. The highest BCUT2D eigenvalue weighted by molar-refractivity contribution is 5.98. The molecule has 0 aliphatic heterocycles. The van der Waals surface area contributed by atoms with Gasteiger partial charge in [-0.25, -0.2) is 9.37 Å². The summed E-state index contributed by atoms with van der Waals surface area (Å²) < 4.78 is 13.3. The van der Waals surface area contributed by atoms with Crippen LogP contribution < -0.4 is 10.6 Å². The average molecular weight is 293 g/mol. The molecule has 116 valence electrons. The molecular weight excluding hydrogens is 269 g/mol. The van der Waals surface area contributed by atoms with Gasteiger partial charge in [-0.1, -0.05) is 19.8 Å². The second-order valence-corrected chi connectivity index (χ2v) is 5.78. The van der Waals surface area contributed by atoms with Crippen LogP contribution in [-0.2, 0) is 0 Å². The van der Waals surface area contributed by atoms with E-state index in [4.69, 9.17) is 0 Å². The first-order valence-electron chi connectivity index (χ1n) is 7.78. The summed E-state index contributed by atoms with van der Waals surface area (Å²) in [6.07, 6.45) is 7.96. The fourth-order valence-electron chi connectivity index (χ4n) is 3.08. The summed E-state index contributed by atoms with van der Waals surface area (Å²) in [5.41, 5.74) is 0.271. The van der Waals surface area contributed by atoms with Crippen molar-refractivity contribution in [1.29, 1.82) is 0 Å². The first-order chi connectivity index (χ1) is 10.1. The van der Waals surface area contributed by atoms with Gasteiger partial charge in [0.15, 0.2) is 0 Å². The van der Waals surface area contributed by atoms with Crippen molar-refractivity contribution in [2.24, 2.45) is 5.92 Å². The van der Waals surface area contributed by atoms with E-state index in [9.17, 15) is 9.18 Å². The quantitative estimate of drug-likeness (QED) is 0.875. The van der Waals surface area contributed by atoms with Crippen LogP contribution in [0.1, 0.15) is 55.8 Å². The number of hydrogen-bond donors (Lipinski definition) is 2. The van der Waals surface area contributed by atoms with E-state index >= 15 is 0 Å². The molecule has 1 aliphatic carbocycles. The molecule has 0 unspecified atom stereocenters. The first kappa shape index (κ1) is 15.7. The lowest BCUT2D eigenvalue weighted by molar-refractivity contribution is 0.0921. The molecule has 1 saturated carbocycles. The molecule has 0 radical (unpaired) electrons. The highest BCUT2D eigenvalue weighted by Crippen LogP contribution is 2.28. The summed E-state index contributed by atoms with van der Waals surface area (Å²) >= 11 is 0. The molecule has 5 heteroatoms. The van der Waals surface area contributed by atoms with Crippen LogP contribution in [0, 0.1) is 11.7 Å². The zero-order valence-corrected chi connectivity index (χ0v) is 12.8. The van der Waals surface area contributed by atoms with E-state index in [2.05, 4.69) is 22.5 Å². The number of amides is 1. The predicted molar refractivity (Wildman–Crippen MR) is 81.9 cm³/mol. The minimum atomic E-state index is -0.495. The van der Waals surface area contributed by atoms with Crippen LogP contribution in [-0.4, -0.2) is 24.0 Å². The van der Waals surface area contributed by atoms with Crippen LogP contribution in [0.25, 0.3) is 0 Å². The molecule has 0 saturated heterocycles. The molecule has 1 amide bonds. The molecule has 1 fully saturated rings. The van der Waals surface area contributed by atoms with Crippen molar-refractivity contribution in [3.63, 3.8) is 0 Å². The topological polar surface area (TPSA) is 54.0 Å². The minimum Gasteiger partial charge on any atom is -0.372 e. The maximum Gasteiger partial charge on any atom is 0.255 e. The molecule has 1 aliphatic rings. The fourth-order valence-corrected chi connectivity index (χ4v) is 3.08. The summed E-state index contributed by atoms with van der Waals surface area (Å²) in [5, 5.41) is 5.84. The third kappa shape index (κ3) is 4.16. The number of halogens is 1. The molecule has 0 aromatic carbocycles. The summed E-state index contributed by atoms with van der Waals surface area (Å²) in [6, 6.07) is 1.43. The number of pyridine rings is 1. The van der Waals surface area contributed by atoms with Crippen LogP contribution in [0.3, 0.4) is 0 Å². The lowest BCUT2D eigenvalue weighted by Crippen LogP contribution is -2.38. The molecule has 1 aromatic rings. The molecule has 0 atom stereocenters. The molecule has 1 aromatic heterocycles. The number of carbonyl (C=O) groups is 1. The normalized spacial score (nSPS) is 21.9. The van der Waals surface area contributed by atoms with E-state index in [0.29, 0.717) is 5.82 Å². The summed E-state index contributed by atoms with van der Waals surface area (Å²) in [5.74, 6) is 0.469. The highest BCUT2D eigenvalue weighted by atomic mass is 19.1. The Morgan fingerprint density at radius 2 is 2.10 bits per heavy atom. The van der Waals surface area contributed by atoms with Gasteiger partial charge in [0.25, 0.3) is 5.91 Å². The third-order valence-corrected chi connectivity index (χ3v) is 4.21. The van der Waals surface area contributed by atoms with Gasteiger partial charge >= 0.3 is 0 Å². The monoisotopic (exact) mass is 293 g/mol. The zero-order valence-electron chi connectivity index (χ0n) is 12.8. The largest absolute Gasteiger partial charge is 0.372 e. The van der Waals surface area contributed by atoms with Gasteiger partial charge in [0.1, 0.15) is 11.6 Å². The number of aromatic nitrogens is 1. The van der Waals surface area contributed by atoms with Gasteiger partial charge in [0.2, 0.25) is 0 Å². The van der Waals surface area contributed by atoms with Gasteiger partial charge in [0.05, 0.1) is 11.8 Å². The number of nitrogens with one attached hydrogen (secondary N) is 2. The average Bonchev–Trinajstić information content (AvgIpc) is 2.49. The van der Waals surface area contributed by atoms with E-state index in [0.717, 1.165) is 25.0 Å². The van der Waals surface area contributed by atoms with Crippen molar-refractivity contribution >= 4 is 11.7 Å². The first-order valence-corrected chi connectivity index (χ1v) is 7.78. The Labute approximate surface area is 125 Å². The molecule has 0 bridgehead atoms. The van der Waals surface area contributed by atoms with E-state index < -0.39 is 5.82 Å². The van der Waals surface area contributed by atoms with Crippen LogP contribution in [0.4, 0.5) is 10.2 Å². The van der Waals surface area contributed by atoms with Gasteiger partial charge in [0, 0.05) is 13.1 Å². The lowest BCUT2D eigenvalue weighted by Gasteiger charge is -2.29. The number of carbonyl (C=O) groups excluding carboxylic acids is 1. The summed E-state index contributed by atoms with van der Waals surface area (Å²) in [6.45, 7) is 2.21. The predicted octanol–water partition coefficient (Wildman–Crippen LogP) is 3.35. The Kier molecular flexibility index (Phi) is 5.53. The standard InChI is InChI=1S/C16H24FN3O/c1-3-4-11-5-7-13(8-6-11)20-16(21)14-9-12(17)10-19-15(14)18-2/h9-11,13H,3-8H2,1-2H3,(H,18,19)(H,20,21). The Hall–Kier alpha value is -1.65. The highest BCUT2D eigenvalue weighted by Gasteiger charge is 2.23. The maximum absolute atomic E-state index is 13.3. The van der Waals surface area contributed by atoms with Crippen LogP contribution in [0.15, 0.2) is 12.3 Å². The van der Waals surface area contributed by atoms with Crippen molar-refractivity contribution in [3.05, 3.63) is 23.6 Å². The van der Waals surface area contributed by atoms with Crippen LogP contribution >= 0.6 is 0 Å². The zero-order chi connectivity index (χ0) is 15.2. The number of nitrogens with zero attached hydrogens (tertiary/aromatic N) is 1. The summed E-state index contributed by atoms with van der Waals surface area (Å²) in [4.78, 5) is 16.2. The Morgan fingerprint density at radius 3 is 2.71 bits per heavy atom. The Balaban J connectivity index is 1.95. The van der Waals surface area contributed by atoms with Crippen molar-refractivity contribution < 1.29 is 9.18 Å². The maximum atomic E-state index is 13.3. The van der Waals surface area contributed by atoms with E-state index in [1.807, 2.05) is 0 Å². The SMILES string of the molecule is CCCC1CCC(NC(=O)c2cc(F)cnc2NC)CC1. The van der Waals surface area contributed by atoms with Gasteiger partial charge in [-0.15, -0.1) is 0 Å². The van der Waals surface area contributed by atoms with Crippen molar-refractivity contribution in [1.82, 2.24) is 10.3 Å². The molecule has 21 heavy (non-hydrogen) atoms. The van der Waals surface area contributed by atoms with Crippen molar-refractivity contribution in [2.45, 2.75) is 51.5 Å². The molecule has 2 rings (SSSR count). The van der Waals surface area contributed by atoms with Gasteiger partial charge < -0.3 is 10.6 Å². The van der Waals surface area contributed by atoms with Crippen LogP contribution in [0.5, 0.6) is 0 Å². The van der Waals surface area contributed by atoms with Gasteiger partial charge in [-0.05, 0) is 37.7 Å². The van der Waals surface area contributed by atoms with Crippen molar-refractivity contribution in [2.75, 3.05) is 12.4 Å². The van der Waals surface area contributed by atoms with Gasteiger partial charge in [-0.2, -0.15) is 0 Å². The van der Waals surface area contributed by atoms with Crippen molar-refractivity contribution in [3.8, 4) is 0 Å². The smallest absolute Gasteiger partial charge is 0.255 e. The Bertz CT molecular complexity index is 484. The number of rotatable bonds is 5. The second kappa shape index (κ2) is 7.38. The van der Waals surface area contributed by atoms with Crippen LogP contribution in [0.2, 0.25) is 0 Å². The van der Waals surface area contributed by atoms with E-state index in [-0.39, 0.29) is 17.5 Å². The second-order valence-electron chi connectivity index (χ2n) is 5.78. The minimum absolute atomic E-state index is 0.193. The third-order valence-electron chi connectivity index (χ3n) is 4.21. The molecule has 2 N–H and O–H groups in total. The lowest BCUT2D eigenvalue weighted by atomic mass is 9.83. The fraction of sp³-hybridized carbons (Fsp3) is 0.625. The Morgan fingerprint density at radius 1 is 1.38 bits per heavy atom. The van der Waals surface area contributed by atoms with E-state index in [1.54, 1.807) is 7.05 Å². The molecule has 1 heterocycles. The number of hydrogen-bond acceptors (Lipinski definition) is 3. The van der Waals surface area contributed by atoms with E-state index in [1.165, 1.54) is 31.7 Å².